The van der Waals surface area contributed by atoms with Gasteiger partial charge in [0.05, 0.1) is 0 Å². The van der Waals surface area contributed by atoms with Crippen LogP contribution in [0.2, 0.25) is 0 Å². The number of benzene rings is 1. The Morgan fingerprint density at radius 3 is 2.53 bits per heavy atom. The predicted molar refractivity (Wildman–Crippen MR) is 125 cm³/mol. The van der Waals surface area contributed by atoms with E-state index >= 15 is 0 Å². The molecule has 4 rings (SSSR count). The number of hydrogen-bond donors (Lipinski definition) is 0. The van der Waals surface area contributed by atoms with Crippen molar-refractivity contribution in [3.63, 3.8) is 0 Å². The lowest BCUT2D eigenvalue weighted by Crippen LogP contribution is -2.44. The number of rotatable bonds is 7. The Labute approximate surface area is 193 Å². The molecule has 3 aromatic rings. The SMILES string of the molecule is Cc1ccccc1CN(Cc1cccnc1)C(=O)C1CCN(S(=O)(=O)c2cccs2)CC1. The molecule has 0 radical (unpaired) electrons. The molecule has 1 saturated heterocycles. The van der Waals surface area contributed by atoms with Gasteiger partial charge in [-0.05, 0) is 54.0 Å². The molecule has 0 atom stereocenters. The van der Waals surface area contributed by atoms with Crippen LogP contribution in [-0.2, 0) is 27.9 Å². The summed E-state index contributed by atoms with van der Waals surface area (Å²) in [6, 6.07) is 15.3. The number of carbonyl (C=O) groups is 1. The van der Waals surface area contributed by atoms with Crippen LogP contribution in [0.25, 0.3) is 0 Å². The Balaban J connectivity index is 1.48. The standard InChI is InChI=1S/C24H27N3O3S2/c1-19-6-2-3-8-22(19)18-26(17-20-7-4-12-25-16-20)24(28)21-10-13-27(14-11-21)32(29,30)23-9-5-15-31-23/h2-9,12,15-16,21H,10-11,13-14,17-18H2,1H3. The van der Waals surface area contributed by atoms with Crippen LogP contribution in [0, 0.1) is 12.8 Å². The second-order valence-electron chi connectivity index (χ2n) is 8.09. The maximum absolute atomic E-state index is 13.5. The van der Waals surface area contributed by atoms with Gasteiger partial charge in [-0.2, -0.15) is 4.31 Å². The first-order valence-corrected chi connectivity index (χ1v) is 13.0. The van der Waals surface area contributed by atoms with Crippen molar-refractivity contribution in [1.82, 2.24) is 14.2 Å². The molecule has 3 heterocycles. The van der Waals surface area contributed by atoms with E-state index in [4.69, 9.17) is 0 Å². The van der Waals surface area contributed by atoms with Crippen molar-refractivity contribution in [2.45, 2.75) is 37.1 Å². The summed E-state index contributed by atoms with van der Waals surface area (Å²) in [5.41, 5.74) is 3.24. The van der Waals surface area contributed by atoms with E-state index in [2.05, 4.69) is 24.0 Å². The van der Waals surface area contributed by atoms with Crippen molar-refractivity contribution in [1.29, 1.82) is 0 Å². The highest BCUT2D eigenvalue weighted by Crippen LogP contribution is 2.28. The van der Waals surface area contributed by atoms with Crippen LogP contribution in [-0.4, -0.2) is 41.6 Å². The molecule has 8 heteroatoms. The summed E-state index contributed by atoms with van der Waals surface area (Å²) in [6.07, 6.45) is 4.57. The molecule has 0 N–H and O–H groups in total. The number of aromatic nitrogens is 1. The minimum atomic E-state index is -3.47. The number of aryl methyl sites for hydroxylation is 1. The highest BCUT2D eigenvalue weighted by Gasteiger charge is 2.34. The van der Waals surface area contributed by atoms with E-state index in [1.54, 1.807) is 29.9 Å². The largest absolute Gasteiger partial charge is 0.334 e. The van der Waals surface area contributed by atoms with Crippen molar-refractivity contribution in [3.8, 4) is 0 Å². The molecular formula is C24H27N3O3S2. The maximum atomic E-state index is 13.5. The number of hydrogen-bond acceptors (Lipinski definition) is 5. The first-order valence-electron chi connectivity index (χ1n) is 10.7. The van der Waals surface area contributed by atoms with Crippen LogP contribution in [0.3, 0.4) is 0 Å². The van der Waals surface area contributed by atoms with Gasteiger partial charge in [-0.3, -0.25) is 9.78 Å². The van der Waals surface area contributed by atoms with E-state index < -0.39 is 10.0 Å². The summed E-state index contributed by atoms with van der Waals surface area (Å²) < 4.78 is 27.5. The lowest BCUT2D eigenvalue weighted by atomic mass is 9.95. The fourth-order valence-corrected chi connectivity index (χ4v) is 6.67. The molecule has 168 valence electrons. The van der Waals surface area contributed by atoms with Crippen molar-refractivity contribution < 1.29 is 13.2 Å². The second-order valence-corrected chi connectivity index (χ2v) is 11.2. The molecule has 1 amide bonds. The van der Waals surface area contributed by atoms with Gasteiger partial charge >= 0.3 is 0 Å². The van der Waals surface area contributed by atoms with Crippen LogP contribution in [0.15, 0.2) is 70.5 Å². The topological polar surface area (TPSA) is 70.6 Å². The van der Waals surface area contributed by atoms with Crippen molar-refractivity contribution in [3.05, 3.63) is 83.0 Å². The molecule has 1 aliphatic rings. The average Bonchev–Trinajstić information content (AvgIpc) is 3.36. The molecule has 6 nitrogen and oxygen atoms in total. The summed E-state index contributed by atoms with van der Waals surface area (Å²) in [4.78, 5) is 19.6. The van der Waals surface area contributed by atoms with Crippen molar-refractivity contribution >= 4 is 27.3 Å². The van der Waals surface area contributed by atoms with Crippen LogP contribution in [0.1, 0.15) is 29.5 Å². The summed E-state index contributed by atoms with van der Waals surface area (Å²) in [7, 11) is -3.47. The number of carbonyl (C=O) groups excluding carboxylic acids is 1. The summed E-state index contributed by atoms with van der Waals surface area (Å²) in [6.45, 7) is 3.78. The lowest BCUT2D eigenvalue weighted by molar-refractivity contribution is -0.138. The smallest absolute Gasteiger partial charge is 0.252 e. The quantitative estimate of drug-likeness (QED) is 0.523. The van der Waals surface area contributed by atoms with Gasteiger partial charge in [0.2, 0.25) is 5.91 Å². The van der Waals surface area contributed by atoms with Gasteiger partial charge in [0.25, 0.3) is 10.0 Å². The third-order valence-electron chi connectivity index (χ3n) is 5.92. The molecular weight excluding hydrogens is 442 g/mol. The van der Waals surface area contributed by atoms with E-state index in [0.29, 0.717) is 43.2 Å². The molecule has 1 aromatic carbocycles. The van der Waals surface area contributed by atoms with Crippen LogP contribution in [0.5, 0.6) is 0 Å². The Hall–Kier alpha value is -2.55. The summed E-state index contributed by atoms with van der Waals surface area (Å²) >= 11 is 1.23. The van der Waals surface area contributed by atoms with Gasteiger partial charge in [-0.15, -0.1) is 11.3 Å². The van der Waals surface area contributed by atoms with E-state index in [0.717, 1.165) is 16.7 Å². The van der Waals surface area contributed by atoms with E-state index in [1.165, 1.54) is 15.6 Å². The van der Waals surface area contributed by atoms with Gasteiger partial charge in [0.15, 0.2) is 0 Å². The third kappa shape index (κ3) is 5.09. The van der Waals surface area contributed by atoms with Gasteiger partial charge in [-0.1, -0.05) is 36.4 Å². The Morgan fingerprint density at radius 1 is 1.09 bits per heavy atom. The van der Waals surface area contributed by atoms with Crippen LogP contribution in [0.4, 0.5) is 0 Å². The number of amides is 1. The molecule has 2 aromatic heterocycles. The van der Waals surface area contributed by atoms with Crippen molar-refractivity contribution in [2.24, 2.45) is 5.92 Å². The van der Waals surface area contributed by atoms with Gasteiger partial charge < -0.3 is 4.90 Å². The highest BCUT2D eigenvalue weighted by atomic mass is 32.2. The monoisotopic (exact) mass is 469 g/mol. The number of nitrogens with zero attached hydrogens (tertiary/aromatic N) is 3. The fraction of sp³-hybridized carbons (Fsp3) is 0.333. The van der Waals surface area contributed by atoms with Crippen LogP contribution >= 0.6 is 11.3 Å². The normalized spacial score (nSPS) is 15.5. The number of sulfonamides is 1. The molecule has 0 bridgehead atoms. The number of piperidine rings is 1. The first kappa shape index (κ1) is 22.6. The van der Waals surface area contributed by atoms with Gasteiger partial charge in [0, 0.05) is 44.5 Å². The molecule has 1 aliphatic heterocycles. The second kappa shape index (κ2) is 9.94. The number of thiophene rings is 1. The molecule has 1 fully saturated rings. The van der Waals surface area contributed by atoms with E-state index in [9.17, 15) is 13.2 Å². The number of pyridine rings is 1. The van der Waals surface area contributed by atoms with E-state index in [-0.39, 0.29) is 11.8 Å². The zero-order valence-corrected chi connectivity index (χ0v) is 19.7. The van der Waals surface area contributed by atoms with Crippen molar-refractivity contribution in [2.75, 3.05) is 13.1 Å². The summed E-state index contributed by atoms with van der Waals surface area (Å²) in [5.74, 6) is -0.115. The van der Waals surface area contributed by atoms with Gasteiger partial charge in [-0.25, -0.2) is 8.42 Å². The fourth-order valence-electron chi connectivity index (χ4n) is 4.06. The Bertz CT molecular complexity index is 1140. The highest BCUT2D eigenvalue weighted by molar-refractivity contribution is 7.91. The molecule has 0 aliphatic carbocycles. The first-order chi connectivity index (χ1) is 15.4. The third-order valence-corrected chi connectivity index (χ3v) is 9.19. The molecule has 0 saturated carbocycles. The zero-order chi connectivity index (χ0) is 22.6. The maximum Gasteiger partial charge on any atom is 0.252 e. The Morgan fingerprint density at radius 2 is 1.88 bits per heavy atom. The molecule has 32 heavy (non-hydrogen) atoms. The zero-order valence-electron chi connectivity index (χ0n) is 18.1. The minimum absolute atomic E-state index is 0.0743. The lowest BCUT2D eigenvalue weighted by Gasteiger charge is -2.33. The predicted octanol–water partition coefficient (Wildman–Crippen LogP) is 4.08. The summed E-state index contributed by atoms with van der Waals surface area (Å²) in [5, 5.41) is 1.77. The Kier molecular flexibility index (Phi) is 7.03. The molecule has 0 unspecified atom stereocenters. The molecule has 0 spiro atoms. The van der Waals surface area contributed by atoms with E-state index in [1.807, 2.05) is 29.2 Å². The van der Waals surface area contributed by atoms with Crippen LogP contribution < -0.4 is 0 Å². The average molecular weight is 470 g/mol. The van der Waals surface area contributed by atoms with Gasteiger partial charge in [0.1, 0.15) is 4.21 Å². The minimum Gasteiger partial charge on any atom is -0.334 e.